The van der Waals surface area contributed by atoms with E-state index < -0.39 is 0 Å². The second-order valence-corrected chi connectivity index (χ2v) is 2.34. The largest absolute Gasteiger partial charge is 0.329 e. The number of halogens is 1. The Morgan fingerprint density at radius 2 is 1.78 bits per heavy atom. The van der Waals surface area contributed by atoms with Crippen molar-refractivity contribution in [1.82, 2.24) is 4.90 Å². The van der Waals surface area contributed by atoms with Crippen LogP contribution in [0, 0.1) is 0 Å². The fraction of sp³-hybridized carbons (Fsp3) is 1.00. The van der Waals surface area contributed by atoms with Gasteiger partial charge in [-0.25, -0.2) is 0 Å². The van der Waals surface area contributed by atoms with Gasteiger partial charge in [0.15, 0.2) is 0 Å². The van der Waals surface area contributed by atoms with E-state index in [0.29, 0.717) is 0 Å². The van der Waals surface area contributed by atoms with Gasteiger partial charge in [-0.15, -0.1) is 12.4 Å². The van der Waals surface area contributed by atoms with Crippen molar-refractivity contribution in [1.29, 1.82) is 0 Å². The molecule has 0 saturated carbocycles. The Labute approximate surface area is 62.8 Å². The molecule has 0 bridgehead atoms. The van der Waals surface area contributed by atoms with E-state index in [1.165, 1.54) is 25.9 Å². The highest BCUT2D eigenvalue weighted by atomic mass is 35.5. The van der Waals surface area contributed by atoms with Crippen LogP contribution >= 0.6 is 12.4 Å². The Bertz CT molecular complexity index is 62.1. The summed E-state index contributed by atoms with van der Waals surface area (Å²) in [5, 5.41) is 0. The lowest BCUT2D eigenvalue weighted by molar-refractivity contribution is 0.349. The first-order chi connectivity index (χ1) is 3.93. The molecule has 2 nitrogen and oxygen atoms in total. The first-order valence-electron chi connectivity index (χ1n) is 3.36. The standard InChI is InChI=1S/C6H14N2.ClH/c7-3-6-8-4-1-2-5-8;/h1-7H2;1H. The van der Waals surface area contributed by atoms with Gasteiger partial charge in [-0.2, -0.15) is 0 Å². The first kappa shape index (κ1) is 9.21. The minimum Gasteiger partial charge on any atom is -0.329 e. The summed E-state index contributed by atoms with van der Waals surface area (Å²) < 4.78 is 0. The molecule has 2 N–H and O–H groups in total. The molecule has 0 atom stereocenters. The Hall–Kier alpha value is 0.210. The van der Waals surface area contributed by atoms with Gasteiger partial charge in [0, 0.05) is 13.1 Å². The smallest absolute Gasteiger partial charge is 0.0105 e. The summed E-state index contributed by atoms with van der Waals surface area (Å²) >= 11 is 0. The van der Waals surface area contributed by atoms with Gasteiger partial charge in [-0.1, -0.05) is 0 Å². The summed E-state index contributed by atoms with van der Waals surface area (Å²) in [6, 6.07) is 0. The van der Waals surface area contributed by atoms with Crippen LogP contribution < -0.4 is 5.73 Å². The molecule has 0 unspecified atom stereocenters. The van der Waals surface area contributed by atoms with Crippen LogP contribution in [0.15, 0.2) is 0 Å². The van der Waals surface area contributed by atoms with E-state index in [9.17, 15) is 0 Å². The van der Waals surface area contributed by atoms with Crippen molar-refractivity contribution in [2.24, 2.45) is 5.73 Å². The number of nitrogens with zero attached hydrogens (tertiary/aromatic N) is 1. The van der Waals surface area contributed by atoms with Gasteiger partial charge in [-0.05, 0) is 25.9 Å². The molecule has 0 aromatic heterocycles. The van der Waals surface area contributed by atoms with E-state index in [1.54, 1.807) is 0 Å². The van der Waals surface area contributed by atoms with E-state index in [2.05, 4.69) is 4.90 Å². The number of hydrogen-bond acceptors (Lipinski definition) is 2. The lowest BCUT2D eigenvalue weighted by atomic mass is 10.4. The average Bonchev–Trinajstić information content (AvgIpc) is 2.19. The predicted octanol–water partition coefficient (Wildman–Crippen LogP) is 0.463. The predicted molar refractivity (Wildman–Crippen MR) is 42.0 cm³/mol. The molecule has 1 aliphatic rings. The van der Waals surface area contributed by atoms with E-state index >= 15 is 0 Å². The third-order valence-corrected chi connectivity index (χ3v) is 1.64. The number of hydrogen-bond donors (Lipinski definition) is 1. The fourth-order valence-electron chi connectivity index (χ4n) is 1.19. The van der Waals surface area contributed by atoms with Gasteiger partial charge in [0.25, 0.3) is 0 Å². The van der Waals surface area contributed by atoms with Gasteiger partial charge in [0.2, 0.25) is 0 Å². The van der Waals surface area contributed by atoms with Crippen molar-refractivity contribution in [3.05, 3.63) is 0 Å². The van der Waals surface area contributed by atoms with Crippen LogP contribution in [0.3, 0.4) is 0 Å². The molecule has 0 spiro atoms. The van der Waals surface area contributed by atoms with Gasteiger partial charge in [0.1, 0.15) is 0 Å². The van der Waals surface area contributed by atoms with Gasteiger partial charge >= 0.3 is 0 Å². The highest BCUT2D eigenvalue weighted by molar-refractivity contribution is 5.85. The molecule has 0 radical (unpaired) electrons. The zero-order chi connectivity index (χ0) is 5.82. The maximum Gasteiger partial charge on any atom is 0.0105 e. The van der Waals surface area contributed by atoms with Crippen LogP contribution in [0.1, 0.15) is 12.8 Å². The molecule has 1 heterocycles. The molecule has 1 saturated heterocycles. The lowest BCUT2D eigenvalue weighted by Crippen LogP contribution is -2.26. The Morgan fingerprint density at radius 1 is 1.22 bits per heavy atom. The Kier molecular flexibility index (Phi) is 5.15. The van der Waals surface area contributed by atoms with Crippen molar-refractivity contribution < 1.29 is 0 Å². The van der Waals surface area contributed by atoms with Crippen LogP contribution in [-0.2, 0) is 0 Å². The molecule has 0 aromatic carbocycles. The molecule has 0 aromatic rings. The molecule has 1 fully saturated rings. The minimum absolute atomic E-state index is 0. The zero-order valence-corrected chi connectivity index (χ0v) is 6.49. The van der Waals surface area contributed by atoms with Crippen molar-refractivity contribution >= 4 is 12.4 Å². The summed E-state index contributed by atoms with van der Waals surface area (Å²) in [6.07, 6.45) is 2.75. The summed E-state index contributed by atoms with van der Waals surface area (Å²) in [7, 11) is 0. The minimum atomic E-state index is 0. The van der Waals surface area contributed by atoms with E-state index in [0.717, 1.165) is 13.1 Å². The molecule has 56 valence electrons. The molecular formula is C6H15ClN2. The quantitative estimate of drug-likeness (QED) is 0.620. The molecule has 3 heteroatoms. The topological polar surface area (TPSA) is 29.3 Å². The Morgan fingerprint density at radius 3 is 2.22 bits per heavy atom. The van der Waals surface area contributed by atoms with Gasteiger partial charge in [-0.3, -0.25) is 0 Å². The highest BCUT2D eigenvalue weighted by Gasteiger charge is 2.08. The summed E-state index contributed by atoms with van der Waals surface area (Å²) in [5.41, 5.74) is 5.37. The molecular weight excluding hydrogens is 136 g/mol. The van der Waals surface area contributed by atoms with Gasteiger partial charge < -0.3 is 10.6 Å². The van der Waals surface area contributed by atoms with E-state index in [-0.39, 0.29) is 12.4 Å². The monoisotopic (exact) mass is 150 g/mol. The van der Waals surface area contributed by atoms with Crippen LogP contribution in [0.5, 0.6) is 0 Å². The summed E-state index contributed by atoms with van der Waals surface area (Å²) in [4.78, 5) is 2.42. The summed E-state index contributed by atoms with van der Waals surface area (Å²) in [5.74, 6) is 0. The van der Waals surface area contributed by atoms with Crippen molar-refractivity contribution in [3.8, 4) is 0 Å². The van der Waals surface area contributed by atoms with Crippen molar-refractivity contribution in [2.75, 3.05) is 26.2 Å². The summed E-state index contributed by atoms with van der Waals surface area (Å²) in [6.45, 7) is 4.47. The average molecular weight is 151 g/mol. The van der Waals surface area contributed by atoms with Crippen molar-refractivity contribution in [3.63, 3.8) is 0 Å². The second-order valence-electron chi connectivity index (χ2n) is 2.34. The maximum atomic E-state index is 5.37. The van der Waals surface area contributed by atoms with Crippen molar-refractivity contribution in [2.45, 2.75) is 12.8 Å². The SMILES string of the molecule is Cl.NCCN1CCCC1. The molecule has 1 rings (SSSR count). The first-order valence-corrected chi connectivity index (χ1v) is 3.36. The zero-order valence-electron chi connectivity index (χ0n) is 5.68. The highest BCUT2D eigenvalue weighted by Crippen LogP contribution is 2.04. The maximum absolute atomic E-state index is 5.37. The second kappa shape index (κ2) is 5.03. The van der Waals surface area contributed by atoms with E-state index in [4.69, 9.17) is 5.73 Å². The number of nitrogens with two attached hydrogens (primary N) is 1. The third kappa shape index (κ3) is 3.04. The molecule has 1 aliphatic heterocycles. The van der Waals surface area contributed by atoms with Crippen LogP contribution in [0.4, 0.5) is 0 Å². The lowest BCUT2D eigenvalue weighted by Gasteiger charge is -2.11. The van der Waals surface area contributed by atoms with Crippen LogP contribution in [0.25, 0.3) is 0 Å². The number of rotatable bonds is 2. The molecule has 0 amide bonds. The molecule has 0 aliphatic carbocycles. The third-order valence-electron chi connectivity index (χ3n) is 1.64. The normalized spacial score (nSPS) is 19.7. The number of likely N-dealkylation sites (tertiary alicyclic amines) is 1. The van der Waals surface area contributed by atoms with Gasteiger partial charge in [0.05, 0.1) is 0 Å². The van der Waals surface area contributed by atoms with E-state index in [1.807, 2.05) is 0 Å². The van der Waals surface area contributed by atoms with Crippen LogP contribution in [-0.4, -0.2) is 31.1 Å². The Balaban J connectivity index is 0.000000640. The van der Waals surface area contributed by atoms with Crippen LogP contribution in [0.2, 0.25) is 0 Å². The fourth-order valence-corrected chi connectivity index (χ4v) is 1.19. The molecule has 9 heavy (non-hydrogen) atoms.